The third-order valence-electron chi connectivity index (χ3n) is 2.90. The van der Waals surface area contributed by atoms with Crippen molar-refractivity contribution in [2.24, 2.45) is 5.92 Å². The van der Waals surface area contributed by atoms with Crippen LogP contribution in [0, 0.1) is 5.92 Å². The Balaban J connectivity index is 1.96. The molecule has 1 aliphatic rings. The second-order valence-corrected chi connectivity index (χ2v) is 4.12. The number of rotatable bonds is 3. The molecule has 0 aromatic carbocycles. The summed E-state index contributed by atoms with van der Waals surface area (Å²) < 4.78 is 5.24. The van der Waals surface area contributed by atoms with Crippen molar-refractivity contribution in [2.45, 2.75) is 19.3 Å². The van der Waals surface area contributed by atoms with Crippen LogP contribution in [0.25, 0.3) is 0 Å². The fraction of sp³-hybridized carbons (Fsp3) is 0.500. The van der Waals surface area contributed by atoms with Gasteiger partial charge in [0.1, 0.15) is 11.6 Å². The minimum absolute atomic E-state index is 0.156. The van der Waals surface area contributed by atoms with E-state index in [0.29, 0.717) is 25.5 Å². The van der Waals surface area contributed by atoms with Crippen LogP contribution in [0.15, 0.2) is 18.3 Å². The van der Waals surface area contributed by atoms with Gasteiger partial charge in [-0.1, -0.05) is 0 Å². The molecule has 0 radical (unpaired) electrons. The second-order valence-electron chi connectivity index (χ2n) is 4.12. The summed E-state index contributed by atoms with van der Waals surface area (Å²) in [6, 6.07) is 3.60. The van der Waals surface area contributed by atoms with Gasteiger partial charge in [-0.3, -0.25) is 4.79 Å². The van der Waals surface area contributed by atoms with Crippen LogP contribution in [0.3, 0.4) is 0 Å². The number of Topliss-reactive ketones (excluding diaryl/α,β-unsaturated/α-hetero) is 1. The standard InChI is InChI=1S/C12H16N2O2/c13-12-8-9(1-4-14-12)7-11(15)10-2-5-16-6-3-10/h1,4,8,10H,2-3,5-7H2,(H2,13,14). The van der Waals surface area contributed by atoms with Crippen LogP contribution in [0.4, 0.5) is 5.82 Å². The van der Waals surface area contributed by atoms with Gasteiger partial charge in [-0.2, -0.15) is 0 Å². The normalized spacial score (nSPS) is 17.2. The zero-order chi connectivity index (χ0) is 11.4. The highest BCUT2D eigenvalue weighted by atomic mass is 16.5. The van der Waals surface area contributed by atoms with Crippen molar-refractivity contribution in [1.82, 2.24) is 4.98 Å². The first-order chi connectivity index (χ1) is 7.75. The fourth-order valence-corrected chi connectivity index (χ4v) is 1.97. The molecule has 86 valence electrons. The highest BCUT2D eigenvalue weighted by molar-refractivity contribution is 5.83. The van der Waals surface area contributed by atoms with Crippen LogP contribution < -0.4 is 5.73 Å². The number of nitrogens with zero attached hydrogens (tertiary/aromatic N) is 1. The molecule has 4 nitrogen and oxygen atoms in total. The van der Waals surface area contributed by atoms with Crippen LogP contribution in [0.1, 0.15) is 18.4 Å². The molecular weight excluding hydrogens is 204 g/mol. The van der Waals surface area contributed by atoms with Gasteiger partial charge in [0.25, 0.3) is 0 Å². The molecule has 0 atom stereocenters. The smallest absolute Gasteiger partial charge is 0.140 e. The van der Waals surface area contributed by atoms with Crippen molar-refractivity contribution in [3.8, 4) is 0 Å². The zero-order valence-electron chi connectivity index (χ0n) is 9.19. The van der Waals surface area contributed by atoms with E-state index in [0.717, 1.165) is 18.4 Å². The molecule has 2 rings (SSSR count). The largest absolute Gasteiger partial charge is 0.384 e. The van der Waals surface area contributed by atoms with E-state index in [1.165, 1.54) is 0 Å². The van der Waals surface area contributed by atoms with E-state index in [1.807, 2.05) is 6.07 Å². The monoisotopic (exact) mass is 220 g/mol. The van der Waals surface area contributed by atoms with Gasteiger partial charge >= 0.3 is 0 Å². The molecule has 0 aliphatic carbocycles. The Morgan fingerprint density at radius 2 is 2.25 bits per heavy atom. The molecule has 1 aromatic heterocycles. The Hall–Kier alpha value is -1.42. The molecule has 2 N–H and O–H groups in total. The number of pyridine rings is 1. The summed E-state index contributed by atoms with van der Waals surface area (Å²) >= 11 is 0. The lowest BCUT2D eigenvalue weighted by molar-refractivity contribution is -0.125. The predicted octanol–water partition coefficient (Wildman–Crippen LogP) is 1.20. The maximum absolute atomic E-state index is 12.0. The molecule has 4 heteroatoms. The van der Waals surface area contributed by atoms with E-state index in [4.69, 9.17) is 10.5 Å². The minimum atomic E-state index is 0.156. The van der Waals surface area contributed by atoms with E-state index in [1.54, 1.807) is 12.3 Å². The average molecular weight is 220 g/mol. The highest BCUT2D eigenvalue weighted by Gasteiger charge is 2.21. The fourth-order valence-electron chi connectivity index (χ4n) is 1.97. The van der Waals surface area contributed by atoms with Crippen molar-refractivity contribution in [3.63, 3.8) is 0 Å². The van der Waals surface area contributed by atoms with Crippen LogP contribution in [0.2, 0.25) is 0 Å². The summed E-state index contributed by atoms with van der Waals surface area (Å²) in [5, 5.41) is 0. The summed E-state index contributed by atoms with van der Waals surface area (Å²) in [6.45, 7) is 1.41. The molecule has 2 heterocycles. The number of hydrogen-bond acceptors (Lipinski definition) is 4. The molecule has 1 fully saturated rings. The van der Waals surface area contributed by atoms with Gasteiger partial charge in [0, 0.05) is 31.7 Å². The van der Waals surface area contributed by atoms with Gasteiger partial charge < -0.3 is 10.5 Å². The maximum Gasteiger partial charge on any atom is 0.140 e. The van der Waals surface area contributed by atoms with Crippen molar-refractivity contribution in [2.75, 3.05) is 18.9 Å². The lowest BCUT2D eigenvalue weighted by atomic mass is 9.92. The summed E-state index contributed by atoms with van der Waals surface area (Å²) in [4.78, 5) is 15.9. The zero-order valence-corrected chi connectivity index (χ0v) is 9.19. The third-order valence-corrected chi connectivity index (χ3v) is 2.90. The van der Waals surface area contributed by atoms with Crippen LogP contribution in [-0.4, -0.2) is 24.0 Å². The Morgan fingerprint density at radius 1 is 1.50 bits per heavy atom. The SMILES string of the molecule is Nc1cc(CC(=O)C2CCOCC2)ccn1. The molecule has 1 aliphatic heterocycles. The molecule has 0 spiro atoms. The summed E-state index contributed by atoms with van der Waals surface area (Å²) in [5.41, 5.74) is 6.52. The van der Waals surface area contributed by atoms with Crippen molar-refractivity contribution in [3.05, 3.63) is 23.9 Å². The molecule has 0 saturated carbocycles. The van der Waals surface area contributed by atoms with Crippen LogP contribution in [0.5, 0.6) is 0 Å². The Kier molecular flexibility index (Phi) is 3.51. The maximum atomic E-state index is 12.0. The Bertz CT molecular complexity index is 373. The number of carbonyl (C=O) groups is 1. The Morgan fingerprint density at radius 3 is 2.94 bits per heavy atom. The third kappa shape index (κ3) is 2.79. The molecule has 1 saturated heterocycles. The van der Waals surface area contributed by atoms with Crippen molar-refractivity contribution in [1.29, 1.82) is 0 Å². The van der Waals surface area contributed by atoms with Gasteiger partial charge in [0.05, 0.1) is 0 Å². The van der Waals surface area contributed by atoms with E-state index in [-0.39, 0.29) is 11.7 Å². The molecule has 16 heavy (non-hydrogen) atoms. The lowest BCUT2D eigenvalue weighted by Gasteiger charge is -2.20. The number of carbonyl (C=O) groups excluding carboxylic acids is 1. The number of ether oxygens (including phenoxy) is 1. The second kappa shape index (κ2) is 5.07. The van der Waals surface area contributed by atoms with Gasteiger partial charge in [-0.15, -0.1) is 0 Å². The number of ketones is 1. The van der Waals surface area contributed by atoms with Gasteiger partial charge in [0.15, 0.2) is 0 Å². The first-order valence-electron chi connectivity index (χ1n) is 5.56. The van der Waals surface area contributed by atoms with E-state index in [9.17, 15) is 4.79 Å². The highest BCUT2D eigenvalue weighted by Crippen LogP contribution is 2.18. The number of nitrogen functional groups attached to an aromatic ring is 1. The van der Waals surface area contributed by atoms with E-state index in [2.05, 4.69) is 4.98 Å². The molecule has 0 amide bonds. The predicted molar refractivity (Wildman–Crippen MR) is 60.9 cm³/mol. The quantitative estimate of drug-likeness (QED) is 0.831. The van der Waals surface area contributed by atoms with Gasteiger partial charge in [-0.05, 0) is 30.5 Å². The van der Waals surface area contributed by atoms with Gasteiger partial charge in [-0.25, -0.2) is 4.98 Å². The first kappa shape index (κ1) is 11.1. The molecule has 0 bridgehead atoms. The summed E-state index contributed by atoms with van der Waals surface area (Å²) in [5.74, 6) is 0.911. The van der Waals surface area contributed by atoms with Crippen LogP contribution in [-0.2, 0) is 16.0 Å². The summed E-state index contributed by atoms with van der Waals surface area (Å²) in [7, 11) is 0. The van der Waals surface area contributed by atoms with Crippen LogP contribution >= 0.6 is 0 Å². The van der Waals surface area contributed by atoms with E-state index >= 15 is 0 Å². The van der Waals surface area contributed by atoms with Crippen molar-refractivity contribution < 1.29 is 9.53 Å². The van der Waals surface area contributed by atoms with Crippen molar-refractivity contribution >= 4 is 11.6 Å². The minimum Gasteiger partial charge on any atom is -0.384 e. The number of nitrogens with two attached hydrogens (primary N) is 1. The number of hydrogen-bond donors (Lipinski definition) is 1. The van der Waals surface area contributed by atoms with E-state index < -0.39 is 0 Å². The lowest BCUT2D eigenvalue weighted by Crippen LogP contribution is -2.24. The Labute approximate surface area is 94.8 Å². The molecule has 0 unspecified atom stereocenters. The summed E-state index contributed by atoms with van der Waals surface area (Å²) in [6.07, 6.45) is 3.79. The number of aromatic nitrogens is 1. The molecular formula is C12H16N2O2. The topological polar surface area (TPSA) is 65.2 Å². The first-order valence-corrected chi connectivity index (χ1v) is 5.56. The number of anilines is 1. The average Bonchev–Trinajstić information content (AvgIpc) is 2.30. The molecule has 1 aromatic rings. The van der Waals surface area contributed by atoms with Gasteiger partial charge in [0.2, 0.25) is 0 Å².